The number of Topliss-reactive ketones (excluding diaryl/α,β-unsaturated/α-hetero) is 1. The lowest BCUT2D eigenvalue weighted by Crippen LogP contribution is -2.46. The molecule has 12 nitrogen and oxygen atoms in total. The standard InChI is InChI=1S/C27H27N3O9/c1-36-19-10-11-21(37-2)18(13-19)9-12-22(32)39-16-20(31)24-25(28)29(14-17-7-5-4-6-8-17)27(35)30(26(24)34)15-23(33)38-3/h4-13H,14-16,28H2,1-3H3. The molecule has 3 rings (SSSR count). The highest BCUT2D eigenvalue weighted by atomic mass is 16.5. The lowest BCUT2D eigenvalue weighted by molar-refractivity contribution is -0.141. The van der Waals surface area contributed by atoms with Crippen molar-refractivity contribution in [3.63, 3.8) is 0 Å². The summed E-state index contributed by atoms with van der Waals surface area (Å²) in [4.78, 5) is 63.3. The van der Waals surface area contributed by atoms with Gasteiger partial charge < -0.3 is 24.7 Å². The number of ketones is 1. The summed E-state index contributed by atoms with van der Waals surface area (Å²) < 4.78 is 21.5. The number of aromatic nitrogens is 2. The third-order valence-corrected chi connectivity index (χ3v) is 5.63. The maximum atomic E-state index is 13.1. The summed E-state index contributed by atoms with van der Waals surface area (Å²) in [5.74, 6) is -2.15. The molecule has 204 valence electrons. The van der Waals surface area contributed by atoms with Crippen molar-refractivity contribution in [1.82, 2.24) is 9.13 Å². The summed E-state index contributed by atoms with van der Waals surface area (Å²) >= 11 is 0. The second-order valence-corrected chi connectivity index (χ2v) is 8.05. The van der Waals surface area contributed by atoms with Gasteiger partial charge in [-0.05, 0) is 29.8 Å². The maximum Gasteiger partial charge on any atom is 0.333 e. The van der Waals surface area contributed by atoms with Crippen molar-refractivity contribution in [1.29, 1.82) is 0 Å². The molecule has 1 aromatic heterocycles. The Balaban J connectivity index is 1.89. The van der Waals surface area contributed by atoms with Gasteiger partial charge in [0.05, 0.1) is 27.9 Å². The number of carbonyl (C=O) groups is 3. The van der Waals surface area contributed by atoms with E-state index < -0.39 is 53.5 Å². The zero-order valence-electron chi connectivity index (χ0n) is 21.5. The topological polar surface area (TPSA) is 158 Å². The number of hydrogen-bond acceptors (Lipinski definition) is 10. The molecule has 0 bridgehead atoms. The highest BCUT2D eigenvalue weighted by molar-refractivity contribution is 6.02. The zero-order chi connectivity index (χ0) is 28.5. The molecule has 2 N–H and O–H groups in total. The number of esters is 2. The van der Waals surface area contributed by atoms with E-state index in [0.717, 1.165) is 17.8 Å². The average Bonchev–Trinajstić information content (AvgIpc) is 2.95. The molecule has 0 aliphatic rings. The van der Waals surface area contributed by atoms with E-state index in [4.69, 9.17) is 19.9 Å². The predicted molar refractivity (Wildman–Crippen MR) is 141 cm³/mol. The molecule has 12 heteroatoms. The number of benzene rings is 2. The van der Waals surface area contributed by atoms with Crippen LogP contribution in [0.15, 0.2) is 64.2 Å². The molecule has 1 heterocycles. The van der Waals surface area contributed by atoms with E-state index in [9.17, 15) is 24.0 Å². The van der Waals surface area contributed by atoms with E-state index in [1.165, 1.54) is 20.3 Å². The van der Waals surface area contributed by atoms with Crippen LogP contribution in [-0.4, -0.2) is 54.8 Å². The summed E-state index contributed by atoms with van der Waals surface area (Å²) in [5.41, 5.74) is 4.66. The van der Waals surface area contributed by atoms with Crippen LogP contribution in [0.2, 0.25) is 0 Å². The minimum atomic E-state index is -1.11. The van der Waals surface area contributed by atoms with E-state index in [1.807, 2.05) is 0 Å². The van der Waals surface area contributed by atoms with Gasteiger partial charge in [0.1, 0.15) is 29.4 Å². The summed E-state index contributed by atoms with van der Waals surface area (Å²) in [6.07, 6.45) is 2.48. The summed E-state index contributed by atoms with van der Waals surface area (Å²) in [5, 5.41) is 0. The molecule has 0 spiro atoms. The Labute approximate surface area is 222 Å². The molecule has 2 aromatic carbocycles. The Morgan fingerprint density at radius 1 is 0.949 bits per heavy atom. The normalized spacial score (nSPS) is 10.7. The fourth-order valence-corrected chi connectivity index (χ4v) is 3.61. The van der Waals surface area contributed by atoms with Crippen LogP contribution < -0.4 is 26.5 Å². The Hall–Kier alpha value is -5.13. The number of rotatable bonds is 11. The van der Waals surface area contributed by atoms with Crippen molar-refractivity contribution in [3.05, 3.63) is 92.1 Å². The third kappa shape index (κ3) is 6.80. The van der Waals surface area contributed by atoms with Crippen LogP contribution in [0.3, 0.4) is 0 Å². The van der Waals surface area contributed by atoms with E-state index in [0.29, 0.717) is 27.2 Å². The first-order valence-electron chi connectivity index (χ1n) is 11.5. The number of methoxy groups -OCH3 is 3. The predicted octanol–water partition coefficient (Wildman–Crippen LogP) is 1.27. The van der Waals surface area contributed by atoms with E-state index in [-0.39, 0.29) is 6.54 Å². The van der Waals surface area contributed by atoms with Crippen molar-refractivity contribution < 1.29 is 33.3 Å². The second-order valence-electron chi connectivity index (χ2n) is 8.05. The fourth-order valence-electron chi connectivity index (χ4n) is 3.61. The molecule has 0 unspecified atom stereocenters. The number of hydrogen-bond donors (Lipinski definition) is 1. The van der Waals surface area contributed by atoms with E-state index in [2.05, 4.69) is 4.74 Å². The Kier molecular flexibility index (Phi) is 9.41. The molecule has 0 amide bonds. The molecule has 3 aromatic rings. The van der Waals surface area contributed by atoms with Gasteiger partial charge in [-0.2, -0.15) is 0 Å². The Bertz CT molecular complexity index is 1520. The summed E-state index contributed by atoms with van der Waals surface area (Å²) in [7, 11) is 4.04. The number of anilines is 1. The first-order valence-corrected chi connectivity index (χ1v) is 11.5. The van der Waals surface area contributed by atoms with Crippen molar-refractivity contribution in [2.24, 2.45) is 0 Å². The van der Waals surface area contributed by atoms with Crippen molar-refractivity contribution in [2.45, 2.75) is 13.1 Å². The third-order valence-electron chi connectivity index (χ3n) is 5.63. The van der Waals surface area contributed by atoms with Crippen molar-refractivity contribution >= 4 is 29.6 Å². The van der Waals surface area contributed by atoms with Gasteiger partial charge in [0.25, 0.3) is 5.56 Å². The van der Waals surface area contributed by atoms with Gasteiger partial charge in [-0.25, -0.2) is 14.2 Å². The molecule has 0 atom stereocenters. The molecule has 0 saturated heterocycles. The maximum absolute atomic E-state index is 13.1. The van der Waals surface area contributed by atoms with Crippen molar-refractivity contribution in [2.75, 3.05) is 33.7 Å². The number of carbonyl (C=O) groups excluding carboxylic acids is 3. The molecular weight excluding hydrogens is 510 g/mol. The monoisotopic (exact) mass is 537 g/mol. The summed E-state index contributed by atoms with van der Waals surface area (Å²) in [6.45, 7) is -1.67. The minimum absolute atomic E-state index is 0.0852. The lowest BCUT2D eigenvalue weighted by atomic mass is 10.1. The van der Waals surface area contributed by atoms with Gasteiger partial charge in [-0.15, -0.1) is 0 Å². The highest BCUT2D eigenvalue weighted by Gasteiger charge is 2.25. The van der Waals surface area contributed by atoms with Crippen LogP contribution in [0.25, 0.3) is 6.08 Å². The number of nitrogens with two attached hydrogens (primary N) is 1. The Morgan fingerprint density at radius 2 is 1.67 bits per heavy atom. The largest absolute Gasteiger partial charge is 0.497 e. The number of nitrogen functional groups attached to an aromatic ring is 1. The Morgan fingerprint density at radius 3 is 2.31 bits per heavy atom. The second kappa shape index (κ2) is 12.9. The highest BCUT2D eigenvalue weighted by Crippen LogP contribution is 2.25. The minimum Gasteiger partial charge on any atom is -0.497 e. The molecule has 0 aliphatic heterocycles. The first-order chi connectivity index (χ1) is 18.7. The molecular formula is C27H27N3O9. The number of ether oxygens (including phenoxy) is 4. The molecule has 0 aliphatic carbocycles. The zero-order valence-corrected chi connectivity index (χ0v) is 21.5. The van der Waals surface area contributed by atoms with Gasteiger partial charge in [-0.1, -0.05) is 30.3 Å². The van der Waals surface area contributed by atoms with Crippen LogP contribution in [0.5, 0.6) is 11.5 Å². The van der Waals surface area contributed by atoms with E-state index >= 15 is 0 Å². The smallest absolute Gasteiger partial charge is 0.333 e. The van der Waals surface area contributed by atoms with Gasteiger partial charge in [0.15, 0.2) is 6.61 Å². The quantitative estimate of drug-likeness (QED) is 0.214. The van der Waals surface area contributed by atoms with Gasteiger partial charge in [0, 0.05) is 11.6 Å². The van der Waals surface area contributed by atoms with Gasteiger partial charge >= 0.3 is 17.6 Å². The molecule has 39 heavy (non-hydrogen) atoms. The lowest BCUT2D eigenvalue weighted by Gasteiger charge is -2.16. The van der Waals surface area contributed by atoms with Crippen molar-refractivity contribution in [3.8, 4) is 11.5 Å². The molecule has 0 radical (unpaired) electrons. The molecule has 0 saturated carbocycles. The SMILES string of the molecule is COC(=O)Cn1c(=O)c(C(=O)COC(=O)C=Cc2cc(OC)ccc2OC)c(N)n(Cc2ccccc2)c1=O. The van der Waals surface area contributed by atoms with E-state index in [1.54, 1.807) is 48.5 Å². The van der Waals surface area contributed by atoms with Crippen LogP contribution in [0.4, 0.5) is 5.82 Å². The van der Waals surface area contributed by atoms with Crippen LogP contribution in [0.1, 0.15) is 21.5 Å². The number of nitrogens with zero attached hydrogens (tertiary/aromatic N) is 2. The first kappa shape index (κ1) is 28.4. The fraction of sp³-hybridized carbons (Fsp3) is 0.222. The summed E-state index contributed by atoms with van der Waals surface area (Å²) in [6, 6.07) is 13.7. The molecule has 0 fully saturated rings. The average molecular weight is 538 g/mol. The van der Waals surface area contributed by atoms with Gasteiger partial charge in [-0.3, -0.25) is 19.0 Å². The van der Waals surface area contributed by atoms with Crippen LogP contribution in [-0.2, 0) is 32.2 Å². The van der Waals surface area contributed by atoms with Crippen LogP contribution >= 0.6 is 0 Å². The van der Waals surface area contributed by atoms with Crippen LogP contribution in [0, 0.1) is 0 Å². The van der Waals surface area contributed by atoms with Gasteiger partial charge in [0.2, 0.25) is 5.78 Å².